The summed E-state index contributed by atoms with van der Waals surface area (Å²) in [6.45, 7) is 3.73. The molecule has 0 spiro atoms. The molecule has 20 heavy (non-hydrogen) atoms. The molecule has 0 aliphatic rings. The summed E-state index contributed by atoms with van der Waals surface area (Å²) < 4.78 is 0. The molecule has 5 nitrogen and oxygen atoms in total. The second-order valence-corrected chi connectivity index (χ2v) is 4.48. The zero-order chi connectivity index (χ0) is 14.9. The largest absolute Gasteiger partial charge is 0.384 e. The molecule has 0 amide bonds. The van der Waals surface area contributed by atoms with Gasteiger partial charge in [-0.15, -0.1) is 0 Å². The van der Waals surface area contributed by atoms with Crippen molar-refractivity contribution in [1.82, 2.24) is 4.98 Å². The first-order chi connectivity index (χ1) is 9.51. The number of benzene rings is 1. The van der Waals surface area contributed by atoms with Crippen LogP contribution in [0.2, 0.25) is 0 Å². The van der Waals surface area contributed by atoms with Gasteiger partial charge < -0.3 is 10.7 Å². The summed E-state index contributed by atoms with van der Waals surface area (Å²) in [5.74, 6) is -0.0193. The molecule has 0 saturated heterocycles. The standard InChI is InChI=1S/C15H12N4O/c1-8-4-3-5-9(2)12(8)13-10(6-16)14(18)19-15(20)11(13)7-17/h3-5H,1-2H3,(H3,18,19,20). The molecular formula is C15H12N4O. The number of nitrogens with zero attached hydrogens (tertiary/aromatic N) is 2. The van der Waals surface area contributed by atoms with Gasteiger partial charge in [0, 0.05) is 5.56 Å². The Morgan fingerprint density at radius 1 is 1.05 bits per heavy atom. The summed E-state index contributed by atoms with van der Waals surface area (Å²) in [6.07, 6.45) is 0. The van der Waals surface area contributed by atoms with E-state index in [4.69, 9.17) is 5.73 Å². The average Bonchev–Trinajstić information content (AvgIpc) is 2.38. The lowest BCUT2D eigenvalue weighted by Gasteiger charge is -2.13. The van der Waals surface area contributed by atoms with Crippen molar-refractivity contribution in [3.63, 3.8) is 0 Å². The number of nitrogen functional groups attached to an aromatic ring is 1. The van der Waals surface area contributed by atoms with Crippen molar-refractivity contribution in [1.29, 1.82) is 10.5 Å². The van der Waals surface area contributed by atoms with E-state index in [1.165, 1.54) is 0 Å². The Labute approximate surface area is 115 Å². The van der Waals surface area contributed by atoms with Gasteiger partial charge >= 0.3 is 0 Å². The molecule has 0 fully saturated rings. The number of nitriles is 2. The van der Waals surface area contributed by atoms with Gasteiger partial charge in [0.05, 0.1) is 0 Å². The van der Waals surface area contributed by atoms with E-state index >= 15 is 0 Å². The molecule has 1 heterocycles. The highest BCUT2D eigenvalue weighted by atomic mass is 16.1. The van der Waals surface area contributed by atoms with Crippen LogP contribution in [0.3, 0.4) is 0 Å². The molecule has 3 N–H and O–H groups in total. The van der Waals surface area contributed by atoms with Gasteiger partial charge in [0.2, 0.25) is 0 Å². The molecule has 2 rings (SSSR count). The first kappa shape index (κ1) is 13.4. The van der Waals surface area contributed by atoms with Crippen LogP contribution in [0.25, 0.3) is 11.1 Å². The summed E-state index contributed by atoms with van der Waals surface area (Å²) in [5, 5.41) is 18.5. The van der Waals surface area contributed by atoms with Gasteiger partial charge in [-0.3, -0.25) is 4.79 Å². The number of hydrogen-bond donors (Lipinski definition) is 2. The third-order valence-corrected chi connectivity index (χ3v) is 3.20. The fourth-order valence-corrected chi connectivity index (χ4v) is 2.30. The van der Waals surface area contributed by atoms with Gasteiger partial charge in [-0.25, -0.2) is 0 Å². The summed E-state index contributed by atoms with van der Waals surface area (Å²) in [6, 6.07) is 9.44. The SMILES string of the molecule is Cc1cccc(C)c1-c1c(C#N)c(N)[nH]c(=O)c1C#N. The maximum Gasteiger partial charge on any atom is 0.268 e. The van der Waals surface area contributed by atoms with Crippen molar-refractivity contribution in [2.75, 3.05) is 5.73 Å². The number of aromatic nitrogens is 1. The number of rotatable bonds is 1. The molecule has 0 aliphatic heterocycles. The van der Waals surface area contributed by atoms with Crippen LogP contribution in [0.15, 0.2) is 23.0 Å². The fraction of sp³-hybridized carbons (Fsp3) is 0.133. The third kappa shape index (κ3) is 1.92. The number of nitrogens with two attached hydrogens (primary N) is 1. The van der Waals surface area contributed by atoms with Gasteiger partial charge in [0.1, 0.15) is 29.1 Å². The van der Waals surface area contributed by atoms with Gasteiger partial charge in [-0.05, 0) is 30.5 Å². The summed E-state index contributed by atoms with van der Waals surface area (Å²) >= 11 is 0. The smallest absolute Gasteiger partial charge is 0.268 e. The highest BCUT2D eigenvalue weighted by Crippen LogP contribution is 2.32. The molecule has 1 aromatic carbocycles. The van der Waals surface area contributed by atoms with Crippen LogP contribution in [-0.4, -0.2) is 4.98 Å². The third-order valence-electron chi connectivity index (χ3n) is 3.20. The second kappa shape index (κ2) is 4.91. The quantitative estimate of drug-likeness (QED) is 0.821. The molecule has 5 heteroatoms. The van der Waals surface area contributed by atoms with Crippen LogP contribution in [0.1, 0.15) is 22.3 Å². The maximum atomic E-state index is 11.9. The van der Waals surface area contributed by atoms with Crippen LogP contribution >= 0.6 is 0 Å². The molecule has 0 atom stereocenters. The molecule has 0 unspecified atom stereocenters. The van der Waals surface area contributed by atoms with E-state index in [2.05, 4.69) is 4.98 Å². The van der Waals surface area contributed by atoms with Gasteiger partial charge in [0.25, 0.3) is 5.56 Å². The molecule has 1 aromatic heterocycles. The van der Waals surface area contributed by atoms with Crippen molar-refractivity contribution in [3.8, 4) is 23.3 Å². The highest BCUT2D eigenvalue weighted by Gasteiger charge is 2.20. The van der Waals surface area contributed by atoms with Crippen molar-refractivity contribution in [3.05, 3.63) is 50.8 Å². The van der Waals surface area contributed by atoms with Crippen LogP contribution in [-0.2, 0) is 0 Å². The van der Waals surface area contributed by atoms with E-state index in [0.717, 1.165) is 11.1 Å². The van der Waals surface area contributed by atoms with E-state index in [0.29, 0.717) is 11.1 Å². The average molecular weight is 264 g/mol. The Morgan fingerprint density at radius 2 is 1.60 bits per heavy atom. The number of H-pyrrole nitrogens is 1. The topological polar surface area (TPSA) is 106 Å². The zero-order valence-electron chi connectivity index (χ0n) is 11.1. The monoisotopic (exact) mass is 264 g/mol. The fourth-order valence-electron chi connectivity index (χ4n) is 2.30. The summed E-state index contributed by atoms with van der Waals surface area (Å²) in [4.78, 5) is 14.2. The van der Waals surface area contributed by atoms with Gasteiger partial charge in [0.15, 0.2) is 0 Å². The number of aryl methyl sites for hydroxylation is 2. The highest BCUT2D eigenvalue weighted by molar-refractivity contribution is 5.83. The number of nitrogens with one attached hydrogen (secondary N) is 1. The van der Waals surface area contributed by atoms with Gasteiger partial charge in [-0.2, -0.15) is 10.5 Å². The Bertz CT molecular complexity index is 814. The van der Waals surface area contributed by atoms with Crippen molar-refractivity contribution >= 4 is 5.82 Å². The summed E-state index contributed by atoms with van der Waals surface area (Å²) in [7, 11) is 0. The molecule has 2 aromatic rings. The van der Waals surface area contributed by atoms with E-state index in [9.17, 15) is 15.3 Å². The number of aromatic amines is 1. The number of pyridine rings is 1. The van der Waals surface area contributed by atoms with Crippen LogP contribution in [0.4, 0.5) is 5.82 Å². The van der Waals surface area contributed by atoms with E-state index in [-0.39, 0.29) is 16.9 Å². The minimum Gasteiger partial charge on any atom is -0.384 e. The molecule has 0 radical (unpaired) electrons. The van der Waals surface area contributed by atoms with Crippen LogP contribution in [0.5, 0.6) is 0 Å². The Morgan fingerprint density at radius 3 is 2.10 bits per heavy atom. The molecule has 0 saturated carbocycles. The van der Waals surface area contributed by atoms with E-state index < -0.39 is 5.56 Å². The molecule has 0 bridgehead atoms. The van der Waals surface area contributed by atoms with Crippen LogP contribution < -0.4 is 11.3 Å². The predicted molar refractivity (Wildman–Crippen MR) is 75.8 cm³/mol. The lowest BCUT2D eigenvalue weighted by molar-refractivity contribution is 1.20. The molecular weight excluding hydrogens is 252 g/mol. The molecule has 0 aliphatic carbocycles. The van der Waals surface area contributed by atoms with E-state index in [1.54, 1.807) is 0 Å². The second-order valence-electron chi connectivity index (χ2n) is 4.48. The first-order valence-electron chi connectivity index (χ1n) is 5.93. The molecule has 98 valence electrons. The van der Waals surface area contributed by atoms with Crippen LogP contribution in [0, 0.1) is 36.5 Å². The van der Waals surface area contributed by atoms with Crippen molar-refractivity contribution in [2.45, 2.75) is 13.8 Å². The normalized spacial score (nSPS) is 9.80. The lowest BCUT2D eigenvalue weighted by atomic mass is 9.90. The van der Waals surface area contributed by atoms with Crippen molar-refractivity contribution in [2.24, 2.45) is 0 Å². The van der Waals surface area contributed by atoms with E-state index in [1.807, 2.05) is 44.2 Å². The minimum absolute atomic E-state index is 0.0193. The first-order valence-corrected chi connectivity index (χ1v) is 5.93. The zero-order valence-corrected chi connectivity index (χ0v) is 11.1. The Kier molecular flexibility index (Phi) is 3.28. The number of hydrogen-bond acceptors (Lipinski definition) is 4. The lowest BCUT2D eigenvalue weighted by Crippen LogP contribution is -2.16. The Hall–Kier alpha value is -3.05. The maximum absolute atomic E-state index is 11.9. The minimum atomic E-state index is -0.582. The summed E-state index contributed by atoms with van der Waals surface area (Å²) in [5.41, 5.74) is 7.93. The van der Waals surface area contributed by atoms with Crippen molar-refractivity contribution < 1.29 is 0 Å². The Balaban J connectivity index is 3.05. The predicted octanol–water partition coefficient (Wildman–Crippen LogP) is 1.98. The van der Waals surface area contributed by atoms with Gasteiger partial charge in [-0.1, -0.05) is 18.2 Å². The number of anilines is 1.